The Bertz CT molecular complexity index is 1440. The molecule has 5 rings (SSSR count). The Morgan fingerprint density at radius 3 is 2.68 bits per heavy atom. The van der Waals surface area contributed by atoms with Crippen LogP contribution in [0, 0.1) is 0 Å². The van der Waals surface area contributed by atoms with Crippen LogP contribution in [-0.4, -0.2) is 45.4 Å². The van der Waals surface area contributed by atoms with Crippen molar-refractivity contribution in [3.05, 3.63) is 72.7 Å². The van der Waals surface area contributed by atoms with E-state index in [0.29, 0.717) is 28.8 Å². The molecule has 0 bridgehead atoms. The summed E-state index contributed by atoms with van der Waals surface area (Å²) in [5.41, 5.74) is 4.83. The molecule has 2 aromatic carbocycles. The van der Waals surface area contributed by atoms with Crippen LogP contribution in [0.3, 0.4) is 0 Å². The summed E-state index contributed by atoms with van der Waals surface area (Å²) in [4.78, 5) is 25.9. The predicted molar refractivity (Wildman–Crippen MR) is 150 cm³/mol. The number of rotatable bonds is 10. The zero-order chi connectivity index (χ0) is 26.3. The van der Waals surface area contributed by atoms with E-state index in [0.717, 1.165) is 41.6 Å². The van der Waals surface area contributed by atoms with Gasteiger partial charge in [-0.1, -0.05) is 30.3 Å². The number of hydrogen-bond donors (Lipinski definition) is 3. The molecule has 192 valence electrons. The number of ether oxygens (including phenoxy) is 1. The minimum Gasteiger partial charge on any atom is -0.484 e. The Balaban J connectivity index is 1.39. The van der Waals surface area contributed by atoms with Gasteiger partial charge in [-0.2, -0.15) is 5.10 Å². The molecule has 1 amide bonds. The number of aliphatic imine (C=N–C) groups is 1. The van der Waals surface area contributed by atoms with Crippen molar-refractivity contribution in [3.63, 3.8) is 0 Å². The fraction of sp³-hybridized carbons (Fsp3) is 0.207. The molecule has 2 heterocycles. The number of hydrogen-bond acceptors (Lipinski definition) is 7. The van der Waals surface area contributed by atoms with Crippen molar-refractivity contribution in [1.82, 2.24) is 25.5 Å². The summed E-state index contributed by atoms with van der Waals surface area (Å²) >= 11 is 0. The predicted octanol–water partition coefficient (Wildman–Crippen LogP) is 5.69. The van der Waals surface area contributed by atoms with Gasteiger partial charge in [-0.25, -0.2) is 9.97 Å². The van der Waals surface area contributed by atoms with Crippen LogP contribution in [0.25, 0.3) is 28.6 Å². The standard InChI is InChI=1S/C29H29N7O2/c1-3-6-25-27(30-2)29(34-23-13-11-19(12-14-23)21-16-31-32-17-21)36-28(35-25)20-7-4-10-24(15-20)38-18-26(37)33-22-8-5-9-22/h3-4,6-7,10-17,22H,2,5,8-9,18H2,1H3,(H,31,32)(H,33,37)(H,34,35,36)/b6-3-. The maximum atomic E-state index is 12.2. The normalized spacial score (nSPS) is 13.2. The van der Waals surface area contributed by atoms with Crippen molar-refractivity contribution in [2.45, 2.75) is 32.2 Å². The molecule has 3 N–H and O–H groups in total. The first-order valence-electron chi connectivity index (χ1n) is 12.5. The molecule has 38 heavy (non-hydrogen) atoms. The van der Waals surface area contributed by atoms with Gasteiger partial charge in [-0.3, -0.25) is 14.9 Å². The molecule has 0 unspecified atom stereocenters. The van der Waals surface area contributed by atoms with Crippen LogP contribution < -0.4 is 15.4 Å². The lowest BCUT2D eigenvalue weighted by Crippen LogP contribution is -2.41. The van der Waals surface area contributed by atoms with Crippen LogP contribution in [0.1, 0.15) is 31.9 Å². The lowest BCUT2D eigenvalue weighted by atomic mass is 9.93. The first-order chi connectivity index (χ1) is 18.6. The Morgan fingerprint density at radius 1 is 1.16 bits per heavy atom. The third kappa shape index (κ3) is 5.78. The summed E-state index contributed by atoms with van der Waals surface area (Å²) in [6.07, 6.45) is 10.6. The highest BCUT2D eigenvalue weighted by atomic mass is 16.5. The number of anilines is 2. The molecule has 0 aliphatic heterocycles. The second kappa shape index (κ2) is 11.5. The van der Waals surface area contributed by atoms with Gasteiger partial charge in [-0.05, 0) is 68.8 Å². The highest BCUT2D eigenvalue weighted by Gasteiger charge is 2.19. The fourth-order valence-electron chi connectivity index (χ4n) is 4.11. The molecule has 0 atom stereocenters. The summed E-state index contributed by atoms with van der Waals surface area (Å²) in [5.74, 6) is 1.48. The molecule has 1 aliphatic carbocycles. The largest absolute Gasteiger partial charge is 0.484 e. The maximum Gasteiger partial charge on any atom is 0.258 e. The number of allylic oxidation sites excluding steroid dienone is 1. The zero-order valence-electron chi connectivity index (χ0n) is 21.1. The molecule has 2 aromatic heterocycles. The minimum absolute atomic E-state index is 0.0361. The first kappa shape index (κ1) is 24.9. The van der Waals surface area contributed by atoms with Crippen molar-refractivity contribution in [2.75, 3.05) is 11.9 Å². The molecule has 0 radical (unpaired) electrons. The Hall–Kier alpha value is -4.79. The number of amides is 1. The zero-order valence-corrected chi connectivity index (χ0v) is 21.1. The van der Waals surface area contributed by atoms with Crippen LogP contribution in [0.4, 0.5) is 17.2 Å². The molecule has 0 spiro atoms. The molecular formula is C29H29N7O2. The Morgan fingerprint density at radius 2 is 2.00 bits per heavy atom. The van der Waals surface area contributed by atoms with E-state index in [1.54, 1.807) is 6.20 Å². The van der Waals surface area contributed by atoms with Gasteiger partial charge in [0, 0.05) is 29.1 Å². The molecular weight excluding hydrogens is 478 g/mol. The number of carbonyl (C=O) groups is 1. The fourth-order valence-corrected chi connectivity index (χ4v) is 4.11. The highest BCUT2D eigenvalue weighted by molar-refractivity contribution is 5.80. The van der Waals surface area contributed by atoms with Crippen LogP contribution in [0.5, 0.6) is 5.75 Å². The molecule has 1 saturated carbocycles. The van der Waals surface area contributed by atoms with Crippen LogP contribution in [0.15, 0.2) is 72.0 Å². The molecule has 1 aliphatic rings. The van der Waals surface area contributed by atoms with Crippen LogP contribution >= 0.6 is 0 Å². The molecule has 4 aromatic rings. The van der Waals surface area contributed by atoms with E-state index >= 15 is 0 Å². The van der Waals surface area contributed by atoms with Gasteiger partial charge in [-0.15, -0.1) is 0 Å². The van der Waals surface area contributed by atoms with E-state index in [9.17, 15) is 4.79 Å². The number of aromatic nitrogens is 4. The topological polar surface area (TPSA) is 117 Å². The van der Waals surface area contributed by atoms with Gasteiger partial charge < -0.3 is 15.4 Å². The summed E-state index contributed by atoms with van der Waals surface area (Å²) in [5, 5.41) is 13.2. The van der Waals surface area contributed by atoms with Crippen molar-refractivity contribution in [2.24, 2.45) is 4.99 Å². The smallest absolute Gasteiger partial charge is 0.258 e. The highest BCUT2D eigenvalue weighted by Crippen LogP contribution is 2.33. The number of aromatic amines is 1. The molecule has 9 nitrogen and oxygen atoms in total. The molecule has 1 fully saturated rings. The van der Waals surface area contributed by atoms with E-state index in [1.807, 2.05) is 73.8 Å². The number of nitrogens with one attached hydrogen (secondary N) is 3. The van der Waals surface area contributed by atoms with Crippen molar-refractivity contribution >= 4 is 35.9 Å². The SMILES string of the molecule is C=Nc1c(/C=C\C)nc(-c2cccc(OCC(=O)NC3CCC3)c2)nc1Nc1ccc(-c2cn[nH]c2)cc1. The maximum absolute atomic E-state index is 12.2. The van der Waals surface area contributed by atoms with Gasteiger partial charge in [0.05, 0.1) is 11.9 Å². The summed E-state index contributed by atoms with van der Waals surface area (Å²) in [7, 11) is 0. The second-order valence-electron chi connectivity index (χ2n) is 8.99. The van der Waals surface area contributed by atoms with E-state index < -0.39 is 0 Å². The first-order valence-corrected chi connectivity index (χ1v) is 12.5. The average Bonchev–Trinajstić information content (AvgIpc) is 3.45. The van der Waals surface area contributed by atoms with Gasteiger partial charge >= 0.3 is 0 Å². The van der Waals surface area contributed by atoms with Gasteiger partial charge in [0.25, 0.3) is 5.91 Å². The van der Waals surface area contributed by atoms with Crippen molar-refractivity contribution in [3.8, 4) is 28.3 Å². The van der Waals surface area contributed by atoms with E-state index in [4.69, 9.17) is 14.7 Å². The van der Waals surface area contributed by atoms with E-state index in [2.05, 4.69) is 32.5 Å². The van der Waals surface area contributed by atoms with E-state index in [-0.39, 0.29) is 18.6 Å². The van der Waals surface area contributed by atoms with Crippen LogP contribution in [0.2, 0.25) is 0 Å². The second-order valence-corrected chi connectivity index (χ2v) is 8.99. The van der Waals surface area contributed by atoms with Gasteiger partial charge in [0.1, 0.15) is 11.4 Å². The van der Waals surface area contributed by atoms with Crippen LogP contribution in [-0.2, 0) is 4.79 Å². The van der Waals surface area contributed by atoms with Gasteiger partial charge in [0.2, 0.25) is 0 Å². The summed E-state index contributed by atoms with van der Waals surface area (Å²) in [6, 6.07) is 15.6. The number of H-pyrrole nitrogens is 1. The van der Waals surface area contributed by atoms with E-state index in [1.165, 1.54) is 0 Å². The third-order valence-corrected chi connectivity index (χ3v) is 6.31. The third-order valence-electron chi connectivity index (χ3n) is 6.31. The number of benzene rings is 2. The molecule has 0 saturated heterocycles. The molecule has 9 heteroatoms. The monoisotopic (exact) mass is 507 g/mol. The Labute approximate surface area is 221 Å². The average molecular weight is 508 g/mol. The van der Waals surface area contributed by atoms with Crippen molar-refractivity contribution in [1.29, 1.82) is 0 Å². The lowest BCUT2D eigenvalue weighted by Gasteiger charge is -2.26. The number of carbonyl (C=O) groups excluding carboxylic acids is 1. The minimum atomic E-state index is -0.113. The quantitative estimate of drug-likeness (QED) is 0.237. The summed E-state index contributed by atoms with van der Waals surface area (Å²) < 4.78 is 5.76. The Kier molecular flexibility index (Phi) is 7.54. The van der Waals surface area contributed by atoms with Gasteiger partial charge in [0.15, 0.2) is 18.2 Å². The lowest BCUT2D eigenvalue weighted by molar-refractivity contribution is -0.124. The summed E-state index contributed by atoms with van der Waals surface area (Å²) in [6.45, 7) is 5.62. The van der Waals surface area contributed by atoms with Crippen molar-refractivity contribution < 1.29 is 9.53 Å². The number of nitrogens with zero attached hydrogens (tertiary/aromatic N) is 4.